The zero-order chi connectivity index (χ0) is 12.5. The van der Waals surface area contributed by atoms with Gasteiger partial charge in [-0.15, -0.1) is 0 Å². The van der Waals surface area contributed by atoms with Gasteiger partial charge in [-0.2, -0.15) is 0 Å². The molecular formula is C14H22FNO. The average Bonchev–Trinajstić information content (AvgIpc) is 2.33. The number of hydrogen-bond acceptors (Lipinski definition) is 2. The summed E-state index contributed by atoms with van der Waals surface area (Å²) in [5, 5.41) is 3.44. The van der Waals surface area contributed by atoms with E-state index in [2.05, 4.69) is 19.2 Å². The van der Waals surface area contributed by atoms with Gasteiger partial charge in [0.25, 0.3) is 0 Å². The smallest absolute Gasteiger partial charge is 0.126 e. The Morgan fingerprint density at radius 3 is 2.76 bits per heavy atom. The van der Waals surface area contributed by atoms with Crippen LogP contribution in [-0.4, -0.2) is 19.2 Å². The van der Waals surface area contributed by atoms with Crippen LogP contribution in [-0.2, 0) is 0 Å². The van der Waals surface area contributed by atoms with Crippen molar-refractivity contribution in [3.05, 3.63) is 30.1 Å². The molecule has 1 rings (SSSR count). The zero-order valence-electron chi connectivity index (χ0n) is 10.7. The molecule has 1 unspecified atom stereocenters. The molecule has 0 spiro atoms. The summed E-state index contributed by atoms with van der Waals surface area (Å²) in [5.74, 6) is 0.348. The van der Waals surface area contributed by atoms with Crippen LogP contribution in [0.1, 0.15) is 33.1 Å². The Balaban J connectivity index is 2.39. The first kappa shape index (κ1) is 14.0. The normalized spacial score (nSPS) is 12.4. The minimum Gasteiger partial charge on any atom is -0.492 e. The minimum atomic E-state index is -0.254. The lowest BCUT2D eigenvalue weighted by Gasteiger charge is -2.18. The van der Waals surface area contributed by atoms with Gasteiger partial charge in [0.2, 0.25) is 0 Å². The van der Waals surface area contributed by atoms with E-state index < -0.39 is 0 Å². The zero-order valence-corrected chi connectivity index (χ0v) is 10.7. The van der Waals surface area contributed by atoms with E-state index in [4.69, 9.17) is 4.74 Å². The van der Waals surface area contributed by atoms with Crippen molar-refractivity contribution in [1.82, 2.24) is 5.32 Å². The van der Waals surface area contributed by atoms with Crippen molar-refractivity contribution in [2.45, 2.75) is 39.2 Å². The molecule has 1 aromatic carbocycles. The van der Waals surface area contributed by atoms with Gasteiger partial charge in [-0.3, -0.25) is 0 Å². The molecule has 1 atom stereocenters. The van der Waals surface area contributed by atoms with Crippen LogP contribution in [0.2, 0.25) is 0 Å². The van der Waals surface area contributed by atoms with Crippen molar-refractivity contribution in [3.63, 3.8) is 0 Å². The molecule has 0 aliphatic carbocycles. The summed E-state index contributed by atoms with van der Waals surface area (Å²) in [6.45, 7) is 5.89. The largest absolute Gasteiger partial charge is 0.492 e. The van der Waals surface area contributed by atoms with Crippen molar-refractivity contribution >= 4 is 0 Å². The molecule has 0 fully saturated rings. The number of hydrogen-bond donors (Lipinski definition) is 1. The second-order valence-electron chi connectivity index (χ2n) is 4.21. The van der Waals surface area contributed by atoms with Gasteiger partial charge in [-0.25, -0.2) is 4.39 Å². The molecule has 0 bridgehead atoms. The van der Waals surface area contributed by atoms with Gasteiger partial charge < -0.3 is 10.1 Å². The summed E-state index contributed by atoms with van der Waals surface area (Å²) in [5.41, 5.74) is 0. The van der Waals surface area contributed by atoms with Crippen molar-refractivity contribution < 1.29 is 9.13 Å². The van der Waals surface area contributed by atoms with Crippen LogP contribution in [0.25, 0.3) is 0 Å². The highest BCUT2D eigenvalue weighted by Crippen LogP contribution is 2.12. The number of ether oxygens (including phenoxy) is 1. The summed E-state index contributed by atoms with van der Waals surface area (Å²) in [4.78, 5) is 0. The third kappa shape index (κ3) is 5.68. The topological polar surface area (TPSA) is 21.3 Å². The Labute approximate surface area is 103 Å². The number of halogens is 1. The lowest BCUT2D eigenvalue weighted by molar-refractivity contribution is 0.255. The third-order valence-corrected chi connectivity index (χ3v) is 2.57. The molecule has 0 heterocycles. The summed E-state index contributed by atoms with van der Waals surface area (Å²) in [6, 6.07) is 6.64. The molecule has 0 saturated carbocycles. The second kappa shape index (κ2) is 8.07. The van der Waals surface area contributed by atoms with Crippen LogP contribution in [0.3, 0.4) is 0 Å². The summed E-state index contributed by atoms with van der Waals surface area (Å²) in [7, 11) is 0. The van der Waals surface area contributed by atoms with Crippen LogP contribution in [0, 0.1) is 5.82 Å². The van der Waals surface area contributed by atoms with Crippen molar-refractivity contribution in [1.29, 1.82) is 0 Å². The lowest BCUT2D eigenvalue weighted by atomic mass is 10.2. The van der Waals surface area contributed by atoms with Gasteiger partial charge in [0.1, 0.15) is 18.2 Å². The second-order valence-corrected chi connectivity index (χ2v) is 4.21. The first-order valence-electron chi connectivity index (χ1n) is 6.38. The molecule has 17 heavy (non-hydrogen) atoms. The number of nitrogens with one attached hydrogen (secondary N) is 1. The molecule has 2 nitrogen and oxygen atoms in total. The molecule has 1 N–H and O–H groups in total. The Morgan fingerprint density at radius 1 is 1.29 bits per heavy atom. The highest BCUT2D eigenvalue weighted by Gasteiger charge is 2.07. The van der Waals surface area contributed by atoms with Gasteiger partial charge in [0.15, 0.2) is 0 Å². The Kier molecular flexibility index (Phi) is 6.63. The fraction of sp³-hybridized carbons (Fsp3) is 0.571. The highest BCUT2D eigenvalue weighted by atomic mass is 19.1. The fourth-order valence-electron chi connectivity index (χ4n) is 1.69. The first-order chi connectivity index (χ1) is 8.26. The van der Waals surface area contributed by atoms with Gasteiger partial charge >= 0.3 is 0 Å². The van der Waals surface area contributed by atoms with E-state index in [1.54, 1.807) is 12.1 Å². The standard InChI is InChI=1S/C14H22FNO/c1-3-6-13(16-9-4-2)11-17-14-8-5-7-12(15)10-14/h5,7-8,10,13,16H,3-4,6,9,11H2,1-2H3. The Bertz CT molecular complexity index is 317. The van der Waals surface area contributed by atoms with Crippen LogP contribution in [0.5, 0.6) is 5.75 Å². The molecule has 0 aliphatic heterocycles. The quantitative estimate of drug-likeness (QED) is 0.751. The molecule has 0 radical (unpaired) electrons. The Hall–Kier alpha value is -1.09. The highest BCUT2D eigenvalue weighted by molar-refractivity contribution is 5.22. The maximum atomic E-state index is 12.9. The van der Waals surface area contributed by atoms with E-state index in [0.29, 0.717) is 18.4 Å². The fourth-order valence-corrected chi connectivity index (χ4v) is 1.69. The van der Waals surface area contributed by atoms with Crippen LogP contribution < -0.4 is 10.1 Å². The molecule has 0 aliphatic rings. The molecule has 96 valence electrons. The van der Waals surface area contributed by atoms with Crippen LogP contribution in [0.15, 0.2) is 24.3 Å². The predicted molar refractivity (Wildman–Crippen MR) is 68.9 cm³/mol. The molecule has 3 heteroatoms. The van der Waals surface area contributed by atoms with Gasteiger partial charge in [0, 0.05) is 12.1 Å². The van der Waals surface area contributed by atoms with Crippen molar-refractivity contribution in [2.75, 3.05) is 13.2 Å². The van der Waals surface area contributed by atoms with Gasteiger partial charge in [-0.05, 0) is 31.5 Å². The van der Waals surface area contributed by atoms with E-state index in [9.17, 15) is 4.39 Å². The van der Waals surface area contributed by atoms with Gasteiger partial charge in [0.05, 0.1) is 0 Å². The minimum absolute atomic E-state index is 0.254. The van der Waals surface area contributed by atoms with Crippen molar-refractivity contribution in [3.8, 4) is 5.75 Å². The predicted octanol–water partition coefficient (Wildman–Crippen LogP) is 3.37. The molecule has 1 aromatic rings. The van der Waals surface area contributed by atoms with E-state index in [0.717, 1.165) is 25.8 Å². The lowest BCUT2D eigenvalue weighted by Crippen LogP contribution is -2.35. The molecule has 0 aromatic heterocycles. The van der Waals surface area contributed by atoms with E-state index in [-0.39, 0.29) is 5.82 Å². The molecule has 0 saturated heterocycles. The maximum Gasteiger partial charge on any atom is 0.126 e. The molecule has 0 amide bonds. The maximum absolute atomic E-state index is 12.9. The van der Waals surface area contributed by atoms with E-state index in [1.165, 1.54) is 12.1 Å². The summed E-state index contributed by atoms with van der Waals surface area (Å²) < 4.78 is 18.5. The van der Waals surface area contributed by atoms with E-state index >= 15 is 0 Å². The average molecular weight is 239 g/mol. The monoisotopic (exact) mass is 239 g/mol. The summed E-state index contributed by atoms with van der Waals surface area (Å²) in [6.07, 6.45) is 3.31. The molecular weight excluding hydrogens is 217 g/mol. The van der Waals surface area contributed by atoms with Crippen molar-refractivity contribution in [2.24, 2.45) is 0 Å². The summed E-state index contributed by atoms with van der Waals surface area (Å²) >= 11 is 0. The Morgan fingerprint density at radius 2 is 2.12 bits per heavy atom. The van der Waals surface area contributed by atoms with Gasteiger partial charge in [-0.1, -0.05) is 26.3 Å². The number of benzene rings is 1. The number of rotatable bonds is 8. The van der Waals surface area contributed by atoms with Crippen LogP contribution in [0.4, 0.5) is 4.39 Å². The SMILES string of the molecule is CCCNC(CCC)COc1cccc(F)c1. The first-order valence-corrected chi connectivity index (χ1v) is 6.38. The van der Waals surface area contributed by atoms with E-state index in [1.807, 2.05) is 0 Å². The third-order valence-electron chi connectivity index (χ3n) is 2.57. The van der Waals surface area contributed by atoms with Crippen LogP contribution >= 0.6 is 0 Å².